The summed E-state index contributed by atoms with van der Waals surface area (Å²) in [5.41, 5.74) is 1.17. The van der Waals surface area contributed by atoms with Crippen molar-refractivity contribution in [2.24, 2.45) is 0 Å². The zero-order valence-corrected chi connectivity index (χ0v) is 12.4. The summed E-state index contributed by atoms with van der Waals surface area (Å²) >= 11 is 0. The average Bonchev–Trinajstić information content (AvgIpc) is 2.25. The molecule has 4 heteroatoms. The number of ether oxygens (including phenoxy) is 1. The van der Waals surface area contributed by atoms with Crippen molar-refractivity contribution in [1.29, 1.82) is 0 Å². The predicted molar refractivity (Wildman–Crippen MR) is 54.9 cm³/mol. The first-order valence-electron chi connectivity index (χ1n) is 4.61. The zero-order chi connectivity index (χ0) is 10.7. The van der Waals surface area contributed by atoms with Gasteiger partial charge in [0.1, 0.15) is 5.75 Å². The number of pyridine rings is 1. The third-order valence-electron chi connectivity index (χ3n) is 1.95. The van der Waals surface area contributed by atoms with Crippen molar-refractivity contribution in [2.75, 3.05) is 0 Å². The van der Waals surface area contributed by atoms with Gasteiger partial charge in [-0.05, 0) is 19.1 Å². The Morgan fingerprint density at radius 2 is 1.75 bits per heavy atom. The number of aromatic nitrogens is 1. The molecule has 2 rings (SSSR count). The number of hydrogen-bond donors (Lipinski definition) is 0. The molecule has 2 aromatic rings. The molecule has 0 N–H and O–H groups in total. The second-order valence-electron chi connectivity index (χ2n) is 3.25. The van der Waals surface area contributed by atoms with E-state index in [4.69, 9.17) is 4.74 Å². The van der Waals surface area contributed by atoms with Gasteiger partial charge in [0.2, 0.25) is 5.88 Å². The molecule has 0 radical (unpaired) electrons. The minimum atomic E-state index is -0.119. The fourth-order valence-corrected chi connectivity index (χ4v) is 1.15. The van der Waals surface area contributed by atoms with Crippen LogP contribution in [-0.4, -0.2) is 4.98 Å². The molecule has 0 aliphatic heterocycles. The molecule has 0 bridgehead atoms. The first kappa shape index (κ1) is 13.7. The van der Waals surface area contributed by atoms with E-state index in [9.17, 15) is 5.11 Å². The predicted octanol–water partition coefficient (Wildman–Crippen LogP) is -0.740. The summed E-state index contributed by atoms with van der Waals surface area (Å²) in [4.78, 5) is 3.86. The second kappa shape index (κ2) is 6.37. The standard InChI is InChI=1S/C12H11NO2.K/c1-9-2-5-11(6-3-9)15-12-7-4-10(14)8-13-12;/h2-8,14H,1H3;/q;+1/p-1. The van der Waals surface area contributed by atoms with Gasteiger partial charge in [-0.25, -0.2) is 4.98 Å². The number of aryl methyl sites for hydroxylation is 1. The maximum absolute atomic E-state index is 10.8. The molecule has 0 fully saturated rings. The van der Waals surface area contributed by atoms with Crippen molar-refractivity contribution in [1.82, 2.24) is 4.98 Å². The minimum Gasteiger partial charge on any atom is -0.871 e. The van der Waals surface area contributed by atoms with Gasteiger partial charge in [-0.3, -0.25) is 0 Å². The van der Waals surface area contributed by atoms with Crippen LogP contribution in [0.5, 0.6) is 17.4 Å². The van der Waals surface area contributed by atoms with E-state index < -0.39 is 0 Å². The molecule has 16 heavy (non-hydrogen) atoms. The van der Waals surface area contributed by atoms with Gasteiger partial charge in [0.25, 0.3) is 0 Å². The molecule has 0 aliphatic carbocycles. The van der Waals surface area contributed by atoms with Crippen molar-refractivity contribution in [2.45, 2.75) is 6.92 Å². The van der Waals surface area contributed by atoms with E-state index in [2.05, 4.69) is 4.98 Å². The molecule has 0 saturated heterocycles. The van der Waals surface area contributed by atoms with Crippen molar-refractivity contribution in [3.8, 4) is 17.4 Å². The van der Waals surface area contributed by atoms with E-state index >= 15 is 0 Å². The summed E-state index contributed by atoms with van der Waals surface area (Å²) in [5, 5.41) is 10.8. The van der Waals surface area contributed by atoms with E-state index in [1.807, 2.05) is 31.2 Å². The molecule has 1 aromatic carbocycles. The first-order valence-corrected chi connectivity index (χ1v) is 4.61. The number of nitrogens with zero attached hydrogens (tertiary/aromatic N) is 1. The molecule has 0 amide bonds. The van der Waals surface area contributed by atoms with Gasteiger partial charge < -0.3 is 9.84 Å². The summed E-state index contributed by atoms with van der Waals surface area (Å²) in [6.07, 6.45) is 1.24. The Hall–Kier alpha value is -0.394. The maximum Gasteiger partial charge on any atom is 1.00 e. The quantitative estimate of drug-likeness (QED) is 0.648. The summed E-state index contributed by atoms with van der Waals surface area (Å²) in [7, 11) is 0. The van der Waals surface area contributed by atoms with Gasteiger partial charge >= 0.3 is 51.4 Å². The van der Waals surface area contributed by atoms with E-state index in [0.29, 0.717) is 11.6 Å². The largest absolute Gasteiger partial charge is 1.00 e. The van der Waals surface area contributed by atoms with Gasteiger partial charge in [-0.2, -0.15) is 0 Å². The van der Waals surface area contributed by atoms with Crippen LogP contribution in [0.4, 0.5) is 0 Å². The van der Waals surface area contributed by atoms with Gasteiger partial charge in [-0.1, -0.05) is 29.5 Å². The van der Waals surface area contributed by atoms with Crippen LogP contribution in [0.2, 0.25) is 0 Å². The molecule has 0 aliphatic rings. The Morgan fingerprint density at radius 3 is 2.31 bits per heavy atom. The molecule has 0 saturated carbocycles. The van der Waals surface area contributed by atoms with Crippen molar-refractivity contribution >= 4 is 0 Å². The average molecular weight is 239 g/mol. The Labute approximate surface area is 137 Å². The Morgan fingerprint density at radius 1 is 1.06 bits per heavy atom. The monoisotopic (exact) mass is 239 g/mol. The van der Waals surface area contributed by atoms with Crippen LogP contribution in [0.25, 0.3) is 0 Å². The molecule has 1 heterocycles. The normalized spacial score (nSPS) is 9.31. The molecule has 3 nitrogen and oxygen atoms in total. The van der Waals surface area contributed by atoms with Crippen LogP contribution < -0.4 is 61.2 Å². The molecule has 0 atom stereocenters. The third-order valence-corrected chi connectivity index (χ3v) is 1.95. The van der Waals surface area contributed by atoms with Crippen molar-refractivity contribution in [3.63, 3.8) is 0 Å². The molecule has 76 valence electrons. The fraction of sp³-hybridized carbons (Fsp3) is 0.0833. The van der Waals surface area contributed by atoms with Crippen molar-refractivity contribution in [3.05, 3.63) is 48.2 Å². The van der Waals surface area contributed by atoms with E-state index in [-0.39, 0.29) is 57.1 Å². The molecular formula is C12H10KNO2. The minimum absolute atomic E-state index is 0. The molecule has 0 spiro atoms. The van der Waals surface area contributed by atoms with Gasteiger partial charge in [-0.15, -0.1) is 0 Å². The Bertz CT molecular complexity index is 396. The van der Waals surface area contributed by atoms with Crippen LogP contribution in [0.1, 0.15) is 5.56 Å². The Balaban J connectivity index is 0.00000128. The van der Waals surface area contributed by atoms with Crippen LogP contribution in [0, 0.1) is 6.92 Å². The Kier molecular flexibility index (Phi) is 5.44. The fourth-order valence-electron chi connectivity index (χ4n) is 1.15. The first-order chi connectivity index (χ1) is 7.24. The second-order valence-corrected chi connectivity index (χ2v) is 3.25. The van der Waals surface area contributed by atoms with E-state index in [1.165, 1.54) is 17.8 Å². The molecule has 1 aromatic heterocycles. The molecule has 0 unspecified atom stereocenters. The van der Waals surface area contributed by atoms with Crippen LogP contribution in [-0.2, 0) is 0 Å². The summed E-state index contributed by atoms with van der Waals surface area (Å²) in [5.74, 6) is 1.02. The van der Waals surface area contributed by atoms with Crippen LogP contribution in [0.3, 0.4) is 0 Å². The van der Waals surface area contributed by atoms with Gasteiger partial charge in [0.15, 0.2) is 0 Å². The zero-order valence-electron chi connectivity index (χ0n) is 9.31. The van der Waals surface area contributed by atoms with Crippen LogP contribution >= 0.6 is 0 Å². The topological polar surface area (TPSA) is 45.2 Å². The van der Waals surface area contributed by atoms with Gasteiger partial charge in [0, 0.05) is 12.3 Å². The number of rotatable bonds is 2. The smallest absolute Gasteiger partial charge is 0.871 e. The molecular weight excluding hydrogens is 229 g/mol. The van der Waals surface area contributed by atoms with E-state index in [0.717, 1.165) is 0 Å². The summed E-state index contributed by atoms with van der Waals surface area (Å²) in [6, 6.07) is 10.6. The summed E-state index contributed by atoms with van der Waals surface area (Å²) < 4.78 is 5.44. The number of benzene rings is 1. The van der Waals surface area contributed by atoms with Gasteiger partial charge in [0.05, 0.1) is 0 Å². The van der Waals surface area contributed by atoms with Crippen molar-refractivity contribution < 1.29 is 61.2 Å². The summed E-state index contributed by atoms with van der Waals surface area (Å²) in [6.45, 7) is 2.01. The maximum atomic E-state index is 10.8. The third kappa shape index (κ3) is 3.88. The number of hydrogen-bond acceptors (Lipinski definition) is 3. The van der Waals surface area contributed by atoms with E-state index in [1.54, 1.807) is 6.07 Å². The van der Waals surface area contributed by atoms with Crippen LogP contribution in [0.15, 0.2) is 42.6 Å². The SMILES string of the molecule is Cc1ccc(Oc2ccc([O-])cn2)cc1.[K+].